The average molecular weight is 216 g/mol. The first-order valence-electron chi connectivity index (χ1n) is 5.73. The Balaban J connectivity index is 2.02. The SMILES string of the molecule is CCC(=O)CCCn1ncc2ccccc21. The molecule has 0 aliphatic rings. The van der Waals surface area contributed by atoms with E-state index in [1.807, 2.05) is 29.9 Å². The zero-order valence-corrected chi connectivity index (χ0v) is 9.52. The van der Waals surface area contributed by atoms with Gasteiger partial charge in [0.2, 0.25) is 0 Å². The predicted octanol–water partition coefficient (Wildman–Crippen LogP) is 2.80. The normalized spacial score (nSPS) is 10.8. The monoisotopic (exact) mass is 216 g/mol. The molecule has 0 amide bonds. The molecule has 0 fully saturated rings. The summed E-state index contributed by atoms with van der Waals surface area (Å²) < 4.78 is 1.97. The first kappa shape index (κ1) is 10.9. The third-order valence-electron chi connectivity index (χ3n) is 2.77. The number of aromatic nitrogens is 2. The maximum absolute atomic E-state index is 11.2. The minimum absolute atomic E-state index is 0.330. The van der Waals surface area contributed by atoms with E-state index in [4.69, 9.17) is 0 Å². The Morgan fingerprint density at radius 3 is 3.00 bits per heavy atom. The van der Waals surface area contributed by atoms with Crippen LogP contribution in [0, 0.1) is 0 Å². The third-order valence-corrected chi connectivity index (χ3v) is 2.77. The molecular weight excluding hydrogens is 200 g/mol. The van der Waals surface area contributed by atoms with Crippen molar-refractivity contribution in [3.8, 4) is 0 Å². The molecule has 16 heavy (non-hydrogen) atoms. The third kappa shape index (κ3) is 2.30. The number of nitrogens with zero attached hydrogens (tertiary/aromatic N) is 2. The minimum atomic E-state index is 0.330. The molecule has 0 aliphatic carbocycles. The maximum Gasteiger partial charge on any atom is 0.132 e. The molecule has 0 spiro atoms. The van der Waals surface area contributed by atoms with Crippen molar-refractivity contribution in [2.75, 3.05) is 0 Å². The van der Waals surface area contributed by atoms with Crippen LogP contribution in [0.15, 0.2) is 30.5 Å². The summed E-state index contributed by atoms with van der Waals surface area (Å²) in [6.07, 6.45) is 4.04. The number of hydrogen-bond donors (Lipinski definition) is 0. The summed E-state index contributed by atoms with van der Waals surface area (Å²) in [5.41, 5.74) is 1.14. The highest BCUT2D eigenvalue weighted by atomic mass is 16.1. The molecule has 3 nitrogen and oxygen atoms in total. The van der Waals surface area contributed by atoms with Gasteiger partial charge < -0.3 is 0 Å². The van der Waals surface area contributed by atoms with E-state index >= 15 is 0 Å². The van der Waals surface area contributed by atoms with E-state index in [0.29, 0.717) is 18.6 Å². The highest BCUT2D eigenvalue weighted by molar-refractivity contribution is 5.79. The van der Waals surface area contributed by atoms with Crippen LogP contribution in [0.4, 0.5) is 0 Å². The van der Waals surface area contributed by atoms with Gasteiger partial charge in [0.05, 0.1) is 11.7 Å². The number of para-hydroxylation sites is 1. The van der Waals surface area contributed by atoms with Gasteiger partial charge >= 0.3 is 0 Å². The summed E-state index contributed by atoms with van der Waals surface area (Å²) in [5.74, 6) is 0.330. The second kappa shape index (κ2) is 4.92. The number of rotatable bonds is 5. The maximum atomic E-state index is 11.2. The zero-order valence-electron chi connectivity index (χ0n) is 9.52. The van der Waals surface area contributed by atoms with Crippen LogP contribution < -0.4 is 0 Å². The lowest BCUT2D eigenvalue weighted by Gasteiger charge is -2.02. The van der Waals surface area contributed by atoms with Crippen LogP contribution >= 0.6 is 0 Å². The van der Waals surface area contributed by atoms with Gasteiger partial charge in [-0.25, -0.2) is 0 Å². The second-order valence-corrected chi connectivity index (χ2v) is 3.92. The molecule has 0 atom stereocenters. The van der Waals surface area contributed by atoms with Gasteiger partial charge in [-0.3, -0.25) is 9.48 Å². The van der Waals surface area contributed by atoms with Crippen molar-refractivity contribution in [1.29, 1.82) is 0 Å². The Hall–Kier alpha value is -1.64. The summed E-state index contributed by atoms with van der Waals surface area (Å²) >= 11 is 0. The number of benzene rings is 1. The van der Waals surface area contributed by atoms with Gasteiger partial charge in [-0.15, -0.1) is 0 Å². The molecular formula is C13H16N2O. The number of ketones is 1. The van der Waals surface area contributed by atoms with Gasteiger partial charge in [-0.2, -0.15) is 5.10 Å². The van der Waals surface area contributed by atoms with Gasteiger partial charge in [0.25, 0.3) is 0 Å². The smallest absolute Gasteiger partial charge is 0.132 e. The summed E-state index contributed by atoms with van der Waals surface area (Å²) in [7, 11) is 0. The molecule has 0 unspecified atom stereocenters. The van der Waals surface area contributed by atoms with E-state index in [0.717, 1.165) is 23.9 Å². The molecule has 2 aromatic rings. The standard InChI is InChI=1S/C13H16N2O/c1-2-12(16)7-5-9-15-13-8-4-3-6-11(13)10-14-15/h3-4,6,8,10H,2,5,7,9H2,1H3. The van der Waals surface area contributed by atoms with E-state index in [1.54, 1.807) is 0 Å². The molecule has 0 N–H and O–H groups in total. The van der Waals surface area contributed by atoms with Crippen molar-refractivity contribution >= 4 is 16.7 Å². The van der Waals surface area contributed by atoms with Crippen LogP contribution in [0.25, 0.3) is 10.9 Å². The Morgan fingerprint density at radius 2 is 2.19 bits per heavy atom. The quantitative estimate of drug-likeness (QED) is 0.770. The van der Waals surface area contributed by atoms with Gasteiger partial charge in [-0.05, 0) is 12.5 Å². The number of carbonyl (C=O) groups is 1. The van der Waals surface area contributed by atoms with E-state index in [1.165, 1.54) is 0 Å². The first-order chi connectivity index (χ1) is 7.81. The average Bonchev–Trinajstić information content (AvgIpc) is 2.73. The molecule has 0 saturated carbocycles. The van der Waals surface area contributed by atoms with Crippen LogP contribution in [0.1, 0.15) is 26.2 Å². The summed E-state index contributed by atoms with van der Waals surface area (Å²) in [4.78, 5) is 11.2. The molecule has 84 valence electrons. The van der Waals surface area contributed by atoms with Crippen molar-refractivity contribution in [2.24, 2.45) is 0 Å². The van der Waals surface area contributed by atoms with Crippen LogP contribution in [0.2, 0.25) is 0 Å². The predicted molar refractivity (Wildman–Crippen MR) is 64.3 cm³/mol. The lowest BCUT2D eigenvalue weighted by Crippen LogP contribution is -2.03. The molecule has 2 rings (SSSR count). The molecule has 0 radical (unpaired) electrons. The number of aryl methyl sites for hydroxylation is 1. The number of carbonyl (C=O) groups excluding carboxylic acids is 1. The molecule has 3 heteroatoms. The van der Waals surface area contributed by atoms with Gasteiger partial charge in [-0.1, -0.05) is 25.1 Å². The van der Waals surface area contributed by atoms with Crippen molar-refractivity contribution in [1.82, 2.24) is 9.78 Å². The highest BCUT2D eigenvalue weighted by Crippen LogP contribution is 2.13. The number of Topliss-reactive ketones (excluding diaryl/α,β-unsaturated/α-hetero) is 1. The largest absolute Gasteiger partial charge is 0.300 e. The summed E-state index contributed by atoms with van der Waals surface area (Å²) in [5, 5.41) is 5.48. The van der Waals surface area contributed by atoms with Crippen molar-refractivity contribution in [3.63, 3.8) is 0 Å². The van der Waals surface area contributed by atoms with Crippen LogP contribution in [0.3, 0.4) is 0 Å². The molecule has 0 aliphatic heterocycles. The summed E-state index contributed by atoms with van der Waals surface area (Å²) in [6, 6.07) is 8.13. The zero-order chi connectivity index (χ0) is 11.4. The lowest BCUT2D eigenvalue weighted by molar-refractivity contribution is -0.118. The second-order valence-electron chi connectivity index (χ2n) is 3.92. The molecule has 1 aromatic heterocycles. The van der Waals surface area contributed by atoms with Crippen molar-refractivity contribution < 1.29 is 4.79 Å². The van der Waals surface area contributed by atoms with Gasteiger partial charge in [0, 0.05) is 24.8 Å². The van der Waals surface area contributed by atoms with Gasteiger partial charge in [0.1, 0.15) is 5.78 Å². The van der Waals surface area contributed by atoms with Crippen LogP contribution in [-0.2, 0) is 11.3 Å². The fraction of sp³-hybridized carbons (Fsp3) is 0.385. The van der Waals surface area contributed by atoms with E-state index in [9.17, 15) is 4.79 Å². The van der Waals surface area contributed by atoms with Gasteiger partial charge in [0.15, 0.2) is 0 Å². The van der Waals surface area contributed by atoms with Crippen molar-refractivity contribution in [3.05, 3.63) is 30.5 Å². The van der Waals surface area contributed by atoms with Crippen LogP contribution in [-0.4, -0.2) is 15.6 Å². The lowest BCUT2D eigenvalue weighted by atomic mass is 10.2. The molecule has 1 aromatic carbocycles. The molecule has 0 bridgehead atoms. The Labute approximate surface area is 95.1 Å². The molecule has 0 saturated heterocycles. The van der Waals surface area contributed by atoms with E-state index in [-0.39, 0.29) is 0 Å². The van der Waals surface area contributed by atoms with E-state index in [2.05, 4.69) is 17.2 Å². The van der Waals surface area contributed by atoms with E-state index < -0.39 is 0 Å². The summed E-state index contributed by atoms with van der Waals surface area (Å²) in [6.45, 7) is 2.73. The Kier molecular flexibility index (Phi) is 3.34. The Bertz CT molecular complexity index is 487. The van der Waals surface area contributed by atoms with Crippen molar-refractivity contribution in [2.45, 2.75) is 32.7 Å². The fourth-order valence-electron chi connectivity index (χ4n) is 1.81. The number of fused-ring (bicyclic) bond motifs is 1. The first-order valence-corrected chi connectivity index (χ1v) is 5.73. The number of hydrogen-bond acceptors (Lipinski definition) is 2. The minimum Gasteiger partial charge on any atom is -0.300 e. The highest BCUT2D eigenvalue weighted by Gasteiger charge is 2.02. The van der Waals surface area contributed by atoms with Crippen LogP contribution in [0.5, 0.6) is 0 Å². The molecule has 1 heterocycles. The Morgan fingerprint density at radius 1 is 1.38 bits per heavy atom. The topological polar surface area (TPSA) is 34.9 Å². The fourth-order valence-corrected chi connectivity index (χ4v) is 1.81.